The molecule has 2 amide bonds. The van der Waals surface area contributed by atoms with Gasteiger partial charge in [-0.15, -0.1) is 0 Å². The second-order valence-electron chi connectivity index (χ2n) is 7.51. The van der Waals surface area contributed by atoms with Gasteiger partial charge in [-0.25, -0.2) is 8.78 Å². The summed E-state index contributed by atoms with van der Waals surface area (Å²) in [5.74, 6) is -1.33. The Balaban J connectivity index is 1.57. The second kappa shape index (κ2) is 7.31. The number of H-pyrrole nitrogens is 1. The lowest BCUT2D eigenvalue weighted by Gasteiger charge is -2.15. The van der Waals surface area contributed by atoms with Gasteiger partial charge in [0.15, 0.2) is 0 Å². The number of fused-ring (bicyclic) bond motifs is 1. The number of benzene rings is 2. The summed E-state index contributed by atoms with van der Waals surface area (Å²) in [5.41, 5.74) is 2.64. The van der Waals surface area contributed by atoms with Gasteiger partial charge in [-0.05, 0) is 54.8 Å². The Labute approximate surface area is 166 Å². The molecule has 0 bridgehead atoms. The number of likely N-dealkylation sites (tertiary alicyclic amines) is 1. The van der Waals surface area contributed by atoms with E-state index in [0.29, 0.717) is 29.7 Å². The number of nitrogens with one attached hydrogen (secondary N) is 2. The van der Waals surface area contributed by atoms with E-state index in [1.807, 2.05) is 6.92 Å². The first kappa shape index (κ1) is 19.1. The third kappa shape index (κ3) is 3.72. The van der Waals surface area contributed by atoms with Gasteiger partial charge in [-0.1, -0.05) is 6.07 Å². The zero-order valence-electron chi connectivity index (χ0n) is 16.2. The van der Waals surface area contributed by atoms with Crippen LogP contribution in [0.5, 0.6) is 0 Å². The highest BCUT2D eigenvalue weighted by Crippen LogP contribution is 2.30. The number of carbonyl (C=O) groups is 2. The van der Waals surface area contributed by atoms with E-state index >= 15 is 0 Å². The highest BCUT2D eigenvalue weighted by atomic mass is 19.1. The van der Waals surface area contributed by atoms with Crippen LogP contribution in [0.25, 0.3) is 10.9 Å². The molecule has 1 fully saturated rings. The van der Waals surface area contributed by atoms with Gasteiger partial charge in [0.1, 0.15) is 17.3 Å². The van der Waals surface area contributed by atoms with E-state index in [1.54, 1.807) is 17.0 Å². The normalized spacial score (nSPS) is 16.4. The molecule has 0 spiro atoms. The minimum absolute atomic E-state index is 0.00114. The van der Waals surface area contributed by atoms with Crippen molar-refractivity contribution in [3.8, 4) is 0 Å². The largest absolute Gasteiger partial charge is 0.350 e. The number of hydrogen-bond donors (Lipinski definition) is 2. The summed E-state index contributed by atoms with van der Waals surface area (Å²) >= 11 is 0. The van der Waals surface area contributed by atoms with Gasteiger partial charge in [0.25, 0.3) is 5.91 Å². The maximum Gasteiger partial charge on any atom is 0.272 e. The van der Waals surface area contributed by atoms with Crippen molar-refractivity contribution < 1.29 is 18.4 Å². The Bertz CT molecular complexity index is 1080. The molecule has 4 rings (SSSR count). The number of anilines is 1. The third-order valence-corrected chi connectivity index (χ3v) is 5.48. The first-order valence-corrected chi connectivity index (χ1v) is 9.47. The standard InChI is InChI=1S/C22H21F2N3O2/c1-12-3-4-19(24)18-10-20(26-21(12)18)22(29)25-17-8-15(7-16(23)9-17)14-5-6-27(11-14)13(2)28/h3-4,7-10,14,26H,5-6,11H2,1-2H3,(H,25,29). The molecular formula is C22H21F2N3O2. The lowest BCUT2D eigenvalue weighted by molar-refractivity contribution is -0.127. The summed E-state index contributed by atoms with van der Waals surface area (Å²) in [7, 11) is 0. The molecule has 0 radical (unpaired) electrons. The van der Waals surface area contributed by atoms with E-state index in [0.717, 1.165) is 17.5 Å². The van der Waals surface area contributed by atoms with Crippen molar-refractivity contribution in [1.29, 1.82) is 0 Å². The van der Waals surface area contributed by atoms with Crippen molar-refractivity contribution in [2.75, 3.05) is 18.4 Å². The lowest BCUT2D eigenvalue weighted by Crippen LogP contribution is -2.25. The van der Waals surface area contributed by atoms with Crippen molar-refractivity contribution in [2.24, 2.45) is 0 Å². The van der Waals surface area contributed by atoms with Gasteiger partial charge in [0, 0.05) is 37.0 Å². The van der Waals surface area contributed by atoms with Crippen LogP contribution in [0.2, 0.25) is 0 Å². The van der Waals surface area contributed by atoms with Crippen molar-refractivity contribution in [1.82, 2.24) is 9.88 Å². The lowest BCUT2D eigenvalue weighted by atomic mass is 9.97. The van der Waals surface area contributed by atoms with Crippen LogP contribution in [0.15, 0.2) is 36.4 Å². The van der Waals surface area contributed by atoms with Gasteiger partial charge < -0.3 is 15.2 Å². The molecule has 1 aliphatic heterocycles. The molecule has 2 N–H and O–H groups in total. The summed E-state index contributed by atoms with van der Waals surface area (Å²) < 4.78 is 28.2. The fourth-order valence-corrected chi connectivity index (χ4v) is 3.88. The zero-order chi connectivity index (χ0) is 20.7. The van der Waals surface area contributed by atoms with E-state index in [4.69, 9.17) is 0 Å². The quantitative estimate of drug-likeness (QED) is 0.690. The van der Waals surface area contributed by atoms with E-state index < -0.39 is 17.5 Å². The number of rotatable bonds is 3. The van der Waals surface area contributed by atoms with Crippen LogP contribution in [0, 0.1) is 18.6 Å². The molecule has 7 heteroatoms. The Morgan fingerprint density at radius 3 is 2.66 bits per heavy atom. The Morgan fingerprint density at radius 1 is 1.17 bits per heavy atom. The zero-order valence-corrected chi connectivity index (χ0v) is 16.2. The van der Waals surface area contributed by atoms with Gasteiger partial charge in [0.2, 0.25) is 5.91 Å². The van der Waals surface area contributed by atoms with Gasteiger partial charge >= 0.3 is 0 Å². The fourth-order valence-electron chi connectivity index (χ4n) is 3.88. The highest BCUT2D eigenvalue weighted by Gasteiger charge is 2.26. The molecule has 1 saturated heterocycles. The summed E-state index contributed by atoms with van der Waals surface area (Å²) in [5, 5.41) is 3.02. The molecule has 1 unspecified atom stereocenters. The number of nitrogens with zero attached hydrogens (tertiary/aromatic N) is 1. The maximum absolute atomic E-state index is 14.2. The number of aromatic nitrogens is 1. The first-order valence-electron chi connectivity index (χ1n) is 9.47. The summed E-state index contributed by atoms with van der Waals surface area (Å²) in [6, 6.07) is 8.86. The Kier molecular flexibility index (Phi) is 4.82. The van der Waals surface area contributed by atoms with E-state index in [2.05, 4.69) is 10.3 Å². The predicted molar refractivity (Wildman–Crippen MR) is 107 cm³/mol. The molecule has 1 aromatic heterocycles. The molecule has 2 aromatic carbocycles. The van der Waals surface area contributed by atoms with E-state index in [1.165, 1.54) is 31.2 Å². The molecule has 3 aromatic rings. The van der Waals surface area contributed by atoms with Crippen molar-refractivity contribution in [3.63, 3.8) is 0 Å². The predicted octanol–water partition coefficient (Wildman–Crippen LogP) is 4.34. The minimum Gasteiger partial charge on any atom is -0.350 e. The second-order valence-corrected chi connectivity index (χ2v) is 7.51. The Morgan fingerprint density at radius 2 is 1.97 bits per heavy atom. The Hall–Kier alpha value is -3.22. The van der Waals surface area contributed by atoms with Gasteiger partial charge in [-0.2, -0.15) is 0 Å². The maximum atomic E-state index is 14.2. The van der Waals surface area contributed by atoms with Crippen LogP contribution < -0.4 is 5.32 Å². The molecule has 2 heterocycles. The average Bonchev–Trinajstić information content (AvgIpc) is 3.32. The van der Waals surface area contributed by atoms with Crippen LogP contribution in [-0.4, -0.2) is 34.8 Å². The molecule has 1 atom stereocenters. The van der Waals surface area contributed by atoms with Gasteiger partial charge in [-0.3, -0.25) is 9.59 Å². The van der Waals surface area contributed by atoms with Crippen molar-refractivity contribution in [2.45, 2.75) is 26.2 Å². The number of aromatic amines is 1. The molecule has 150 valence electrons. The number of halogens is 2. The van der Waals surface area contributed by atoms with E-state index in [9.17, 15) is 18.4 Å². The molecule has 0 saturated carbocycles. The van der Waals surface area contributed by atoms with Crippen molar-refractivity contribution in [3.05, 3.63) is 64.9 Å². The third-order valence-electron chi connectivity index (χ3n) is 5.48. The SMILES string of the molecule is CC(=O)N1CCC(c2cc(F)cc(NC(=O)c3cc4c(F)ccc(C)c4[nH]3)c2)C1. The molecular weight excluding hydrogens is 376 g/mol. The summed E-state index contributed by atoms with van der Waals surface area (Å²) in [6.45, 7) is 4.51. The number of carbonyl (C=O) groups excluding carboxylic acids is 2. The minimum atomic E-state index is -0.478. The van der Waals surface area contributed by atoms with Crippen LogP contribution in [0.4, 0.5) is 14.5 Å². The number of aryl methyl sites for hydroxylation is 1. The summed E-state index contributed by atoms with van der Waals surface area (Å²) in [4.78, 5) is 28.9. The number of hydrogen-bond acceptors (Lipinski definition) is 2. The van der Waals surface area contributed by atoms with Crippen LogP contribution in [0.1, 0.15) is 40.9 Å². The molecule has 29 heavy (non-hydrogen) atoms. The summed E-state index contributed by atoms with van der Waals surface area (Å²) in [6.07, 6.45) is 0.747. The molecule has 5 nitrogen and oxygen atoms in total. The van der Waals surface area contributed by atoms with Crippen LogP contribution >= 0.6 is 0 Å². The topological polar surface area (TPSA) is 65.2 Å². The van der Waals surface area contributed by atoms with Crippen LogP contribution in [0.3, 0.4) is 0 Å². The monoisotopic (exact) mass is 397 g/mol. The van der Waals surface area contributed by atoms with Crippen LogP contribution in [-0.2, 0) is 4.79 Å². The number of amides is 2. The highest BCUT2D eigenvalue weighted by molar-refractivity contribution is 6.06. The smallest absolute Gasteiger partial charge is 0.272 e. The van der Waals surface area contributed by atoms with Gasteiger partial charge in [0.05, 0.1) is 5.52 Å². The molecule has 1 aliphatic rings. The van der Waals surface area contributed by atoms with E-state index in [-0.39, 0.29) is 17.5 Å². The average molecular weight is 397 g/mol. The fraction of sp³-hybridized carbons (Fsp3) is 0.273. The first-order chi connectivity index (χ1) is 13.8. The molecule has 0 aliphatic carbocycles. The van der Waals surface area contributed by atoms with Crippen molar-refractivity contribution >= 4 is 28.4 Å².